The number of carbonyl (C=O) groups is 1. The zero-order chi connectivity index (χ0) is 32.6. The first-order valence-corrected chi connectivity index (χ1v) is 16.4. The lowest BCUT2D eigenvalue weighted by molar-refractivity contribution is -0.884. The Morgan fingerprint density at radius 2 is 1.68 bits per heavy atom. The van der Waals surface area contributed by atoms with Crippen molar-refractivity contribution in [2.45, 2.75) is 44.5 Å². The third-order valence-corrected chi connectivity index (χ3v) is 8.74. The maximum Gasteiger partial charge on any atom is 0.410 e. The summed E-state index contributed by atoms with van der Waals surface area (Å²) >= 11 is 13.3. The topological polar surface area (TPSA) is 153 Å². The van der Waals surface area contributed by atoms with Crippen LogP contribution in [0.4, 0.5) is 4.79 Å². The summed E-state index contributed by atoms with van der Waals surface area (Å²) < 4.78 is 41.4. The fraction of sp³-hybridized carbons (Fsp3) is 0.500. The molecule has 44 heavy (non-hydrogen) atoms. The molecule has 1 saturated heterocycles. The average molecular weight is 673 g/mol. The van der Waals surface area contributed by atoms with E-state index in [-0.39, 0.29) is 84.0 Å². The predicted molar refractivity (Wildman–Crippen MR) is 166 cm³/mol. The third kappa shape index (κ3) is 7.20. The fourth-order valence-electron chi connectivity index (χ4n) is 4.91. The minimum atomic E-state index is -3.80. The molecule has 2 aromatic heterocycles. The average Bonchev–Trinajstić information content (AvgIpc) is 2.93. The molecule has 1 amide bonds. The van der Waals surface area contributed by atoms with E-state index in [1.807, 2.05) is 0 Å². The van der Waals surface area contributed by atoms with E-state index in [1.54, 1.807) is 20.8 Å². The highest BCUT2D eigenvalue weighted by molar-refractivity contribution is 7.90. The van der Waals surface area contributed by atoms with Crippen LogP contribution in [0.25, 0.3) is 22.2 Å². The summed E-state index contributed by atoms with van der Waals surface area (Å²) in [7, 11) is -0.979. The van der Waals surface area contributed by atoms with E-state index in [9.17, 15) is 23.2 Å². The van der Waals surface area contributed by atoms with Gasteiger partial charge in [0.1, 0.15) is 22.7 Å². The van der Waals surface area contributed by atoms with Crippen LogP contribution in [0, 0.1) is 5.21 Å². The molecule has 3 heterocycles. The highest BCUT2D eigenvalue weighted by Gasteiger charge is 2.31. The molecule has 0 saturated carbocycles. The van der Waals surface area contributed by atoms with E-state index in [1.165, 1.54) is 42.0 Å². The number of sulfone groups is 1. The van der Waals surface area contributed by atoms with E-state index < -0.39 is 36.9 Å². The normalized spacial score (nSPS) is 15.3. The summed E-state index contributed by atoms with van der Waals surface area (Å²) in [6, 6.07) is 2.97. The SMILES string of the molecule is COc1cc(OC)c(Cl)c(-c2cc3cnc(S(C)(=O)=O)nc3n(CCC[N+]3([O-])CCN(C(=O)OC(C)(C)C)CC3)c2=O)c1Cl. The maximum atomic E-state index is 14.1. The minimum Gasteiger partial charge on any atom is -0.633 e. The van der Waals surface area contributed by atoms with Crippen molar-refractivity contribution in [3.8, 4) is 22.6 Å². The first-order chi connectivity index (χ1) is 20.5. The van der Waals surface area contributed by atoms with E-state index in [2.05, 4.69) is 9.97 Å². The van der Waals surface area contributed by atoms with E-state index in [0.717, 1.165) is 6.26 Å². The third-order valence-electron chi connectivity index (χ3n) is 7.13. The number of nitrogens with zero attached hydrogens (tertiary/aromatic N) is 5. The van der Waals surface area contributed by atoms with Crippen LogP contribution >= 0.6 is 23.2 Å². The van der Waals surface area contributed by atoms with Crippen LogP contribution in [0.15, 0.2) is 28.3 Å². The Hall–Kier alpha value is -3.17. The Kier molecular flexibility index (Phi) is 9.71. The summed E-state index contributed by atoms with van der Waals surface area (Å²) in [5, 5.41) is 13.6. The number of piperazine rings is 1. The monoisotopic (exact) mass is 671 g/mol. The van der Waals surface area contributed by atoms with Gasteiger partial charge < -0.3 is 24.1 Å². The summed E-state index contributed by atoms with van der Waals surface area (Å²) in [6.07, 6.45) is 2.05. The van der Waals surface area contributed by atoms with Crippen molar-refractivity contribution in [2.75, 3.05) is 53.2 Å². The molecular formula is C28H35Cl2N5O8S. The number of amides is 1. The Morgan fingerprint density at radius 3 is 2.20 bits per heavy atom. The molecule has 1 fully saturated rings. The van der Waals surface area contributed by atoms with Gasteiger partial charge in [-0.25, -0.2) is 18.2 Å². The Bertz CT molecular complexity index is 1720. The number of ether oxygens (including phenoxy) is 3. The van der Waals surface area contributed by atoms with Crippen LogP contribution in [-0.2, 0) is 21.1 Å². The lowest BCUT2D eigenvalue weighted by atomic mass is 10.0. The van der Waals surface area contributed by atoms with Crippen molar-refractivity contribution in [1.82, 2.24) is 19.4 Å². The van der Waals surface area contributed by atoms with E-state index in [0.29, 0.717) is 5.39 Å². The number of pyridine rings is 1. The second-order valence-electron chi connectivity index (χ2n) is 11.6. The number of quaternary nitrogens is 1. The van der Waals surface area contributed by atoms with Gasteiger partial charge in [0.15, 0.2) is 0 Å². The van der Waals surface area contributed by atoms with Gasteiger partial charge in [-0.05, 0) is 26.8 Å². The van der Waals surface area contributed by atoms with Gasteiger partial charge in [-0.2, -0.15) is 4.98 Å². The molecule has 13 nitrogen and oxygen atoms in total. The number of hydroxylamine groups is 3. The number of hydrogen-bond acceptors (Lipinski definition) is 10. The van der Waals surface area contributed by atoms with Crippen molar-refractivity contribution < 1.29 is 32.1 Å². The van der Waals surface area contributed by atoms with Gasteiger partial charge in [0.2, 0.25) is 15.0 Å². The van der Waals surface area contributed by atoms with E-state index >= 15 is 0 Å². The Balaban J connectivity index is 1.70. The second-order valence-corrected chi connectivity index (χ2v) is 14.2. The van der Waals surface area contributed by atoms with Gasteiger partial charge in [0.05, 0.1) is 62.6 Å². The zero-order valence-electron chi connectivity index (χ0n) is 25.3. The van der Waals surface area contributed by atoms with Crippen LogP contribution < -0.4 is 15.0 Å². The Morgan fingerprint density at radius 1 is 1.09 bits per heavy atom. The van der Waals surface area contributed by atoms with Gasteiger partial charge in [0, 0.05) is 42.4 Å². The maximum absolute atomic E-state index is 14.1. The highest BCUT2D eigenvalue weighted by Crippen LogP contribution is 2.45. The van der Waals surface area contributed by atoms with Gasteiger partial charge in [0.25, 0.3) is 5.56 Å². The predicted octanol–water partition coefficient (Wildman–Crippen LogP) is 4.14. The number of benzene rings is 1. The quantitative estimate of drug-likeness (QED) is 0.194. The molecule has 0 N–H and O–H groups in total. The number of carbonyl (C=O) groups excluding carboxylic acids is 1. The summed E-state index contributed by atoms with van der Waals surface area (Å²) in [5.41, 5.74) is -0.904. The van der Waals surface area contributed by atoms with Crippen LogP contribution in [0.3, 0.4) is 0 Å². The van der Waals surface area contributed by atoms with Crippen molar-refractivity contribution >= 4 is 50.2 Å². The van der Waals surface area contributed by atoms with Gasteiger partial charge >= 0.3 is 6.09 Å². The summed E-state index contributed by atoms with van der Waals surface area (Å²) in [6.45, 7) is 6.28. The van der Waals surface area contributed by atoms with Gasteiger partial charge in [-0.15, -0.1) is 0 Å². The lowest BCUT2D eigenvalue weighted by Crippen LogP contribution is -2.58. The molecule has 0 unspecified atom stereocenters. The first-order valence-electron chi connectivity index (χ1n) is 13.7. The van der Waals surface area contributed by atoms with Gasteiger partial charge in [-0.1, -0.05) is 23.2 Å². The molecule has 1 aromatic carbocycles. The van der Waals surface area contributed by atoms with E-state index in [4.69, 9.17) is 37.4 Å². The molecule has 1 aliphatic heterocycles. The molecule has 1 aliphatic rings. The molecule has 16 heteroatoms. The number of halogens is 2. The fourth-order valence-corrected chi connectivity index (χ4v) is 6.11. The molecule has 0 bridgehead atoms. The molecule has 0 atom stereocenters. The number of aromatic nitrogens is 3. The largest absolute Gasteiger partial charge is 0.633 e. The molecule has 0 radical (unpaired) electrons. The number of rotatable bonds is 8. The molecule has 240 valence electrons. The van der Waals surface area contributed by atoms with Gasteiger partial charge in [-0.3, -0.25) is 14.3 Å². The Labute approximate surface area is 265 Å². The van der Waals surface area contributed by atoms with Crippen molar-refractivity contribution in [3.05, 3.63) is 43.9 Å². The number of hydrogen-bond donors (Lipinski definition) is 0. The molecule has 4 rings (SSSR count). The second kappa shape index (κ2) is 12.7. The number of fused-ring (bicyclic) bond motifs is 1. The first kappa shape index (κ1) is 33.7. The van der Waals surface area contributed by atoms with Crippen LogP contribution in [0.2, 0.25) is 10.0 Å². The van der Waals surface area contributed by atoms with Crippen molar-refractivity contribution in [1.29, 1.82) is 0 Å². The molecule has 0 spiro atoms. The zero-order valence-corrected chi connectivity index (χ0v) is 27.7. The van der Waals surface area contributed by atoms with Crippen LogP contribution in [-0.4, -0.2) is 97.4 Å². The van der Waals surface area contributed by atoms with Crippen molar-refractivity contribution in [2.24, 2.45) is 0 Å². The number of methoxy groups -OCH3 is 2. The van der Waals surface area contributed by atoms with Crippen LogP contribution in [0.5, 0.6) is 11.5 Å². The molecule has 3 aromatic rings. The number of aryl methyl sites for hydroxylation is 1. The highest BCUT2D eigenvalue weighted by atomic mass is 35.5. The minimum absolute atomic E-state index is 0.0255. The van der Waals surface area contributed by atoms with Crippen molar-refractivity contribution in [3.63, 3.8) is 0 Å². The smallest absolute Gasteiger partial charge is 0.410 e. The lowest BCUT2D eigenvalue weighted by Gasteiger charge is -2.48. The summed E-state index contributed by atoms with van der Waals surface area (Å²) in [5.74, 6) is 0.446. The standard InChI is InChI=1S/C28H35Cl2N5O8S/c1-28(2,3)43-27(37)33-9-12-35(38,13-10-33)11-7-8-34-24-17(16-31-26(32-24)44(6,39)40)14-18(25(34)36)21-22(29)19(41-4)15-20(42-5)23(21)30/h14-16H,7-13H2,1-6H3. The molecule has 0 aliphatic carbocycles. The van der Waals surface area contributed by atoms with Crippen LogP contribution in [0.1, 0.15) is 27.2 Å². The molecular weight excluding hydrogens is 637 g/mol. The summed E-state index contributed by atoms with van der Waals surface area (Å²) in [4.78, 5) is 36.2.